The van der Waals surface area contributed by atoms with Crippen molar-refractivity contribution in [3.63, 3.8) is 0 Å². The molecular formula is C12H6BrF3OS. The van der Waals surface area contributed by atoms with Gasteiger partial charge in [-0.05, 0) is 29.8 Å². The van der Waals surface area contributed by atoms with Crippen molar-refractivity contribution >= 4 is 33.6 Å². The third kappa shape index (κ3) is 2.64. The Bertz CT molecular complexity index is 589. The van der Waals surface area contributed by atoms with Crippen LogP contribution in [0.5, 0.6) is 0 Å². The third-order valence-electron chi connectivity index (χ3n) is 2.30. The van der Waals surface area contributed by atoms with Crippen LogP contribution in [0.2, 0.25) is 0 Å². The van der Waals surface area contributed by atoms with E-state index in [1.54, 1.807) is 18.2 Å². The summed E-state index contributed by atoms with van der Waals surface area (Å²) < 4.78 is 38.2. The molecule has 6 heteroatoms. The minimum absolute atomic E-state index is 0.00548. The molecule has 0 spiro atoms. The average molecular weight is 335 g/mol. The molecule has 1 aromatic heterocycles. The maximum atomic E-state index is 12.7. The van der Waals surface area contributed by atoms with Gasteiger partial charge < -0.3 is 0 Å². The molecule has 1 nitrogen and oxygen atoms in total. The predicted molar refractivity (Wildman–Crippen MR) is 67.8 cm³/mol. The molecule has 94 valence electrons. The number of benzene rings is 1. The molecule has 0 bridgehead atoms. The highest BCUT2D eigenvalue weighted by atomic mass is 79.9. The van der Waals surface area contributed by atoms with E-state index in [9.17, 15) is 18.0 Å². The van der Waals surface area contributed by atoms with E-state index >= 15 is 0 Å². The van der Waals surface area contributed by atoms with E-state index in [-0.39, 0.29) is 4.47 Å². The standard InChI is InChI=1S/C12H6BrF3OS/c13-10-3-1-7(5-9(10)12(14,15)16)11-4-2-8(6-17)18-11/h1-6H. The molecule has 0 unspecified atom stereocenters. The van der Waals surface area contributed by atoms with Crippen LogP contribution in [0.1, 0.15) is 15.2 Å². The molecule has 0 aliphatic rings. The first kappa shape index (κ1) is 13.3. The molecule has 0 saturated heterocycles. The Kier molecular flexibility index (Phi) is 3.59. The molecule has 1 heterocycles. The summed E-state index contributed by atoms with van der Waals surface area (Å²) >= 11 is 4.05. The fourth-order valence-electron chi connectivity index (χ4n) is 1.47. The largest absolute Gasteiger partial charge is 0.417 e. The van der Waals surface area contributed by atoms with Gasteiger partial charge in [-0.25, -0.2) is 0 Å². The van der Waals surface area contributed by atoms with Gasteiger partial charge in [0.2, 0.25) is 0 Å². The Balaban J connectivity index is 2.50. The lowest BCUT2D eigenvalue weighted by atomic mass is 10.1. The maximum absolute atomic E-state index is 12.7. The third-order valence-corrected chi connectivity index (χ3v) is 4.05. The van der Waals surface area contributed by atoms with E-state index < -0.39 is 11.7 Å². The molecule has 0 atom stereocenters. The van der Waals surface area contributed by atoms with Crippen LogP contribution in [0.4, 0.5) is 13.2 Å². The smallest absolute Gasteiger partial charge is 0.297 e. The lowest BCUT2D eigenvalue weighted by Gasteiger charge is -2.10. The van der Waals surface area contributed by atoms with Gasteiger partial charge >= 0.3 is 6.18 Å². The number of rotatable bonds is 2. The zero-order chi connectivity index (χ0) is 13.3. The molecule has 0 N–H and O–H groups in total. The Morgan fingerprint density at radius 1 is 1.17 bits per heavy atom. The van der Waals surface area contributed by atoms with Gasteiger partial charge in [-0.15, -0.1) is 11.3 Å². The van der Waals surface area contributed by atoms with Crippen molar-refractivity contribution in [2.45, 2.75) is 6.18 Å². The number of hydrogen-bond donors (Lipinski definition) is 0. The van der Waals surface area contributed by atoms with E-state index in [0.29, 0.717) is 21.6 Å². The summed E-state index contributed by atoms with van der Waals surface area (Å²) in [6.07, 6.45) is -3.72. The Hall–Kier alpha value is -1.14. The quantitative estimate of drug-likeness (QED) is 0.705. The molecular weight excluding hydrogens is 329 g/mol. The SMILES string of the molecule is O=Cc1ccc(-c2ccc(Br)c(C(F)(F)F)c2)s1. The predicted octanol–water partition coefficient (Wildman–Crippen LogP) is 5.01. The molecule has 2 aromatic rings. The highest BCUT2D eigenvalue weighted by Gasteiger charge is 2.33. The van der Waals surface area contributed by atoms with Crippen LogP contribution in [0, 0.1) is 0 Å². The minimum Gasteiger partial charge on any atom is -0.297 e. The van der Waals surface area contributed by atoms with Crippen molar-refractivity contribution in [1.29, 1.82) is 0 Å². The highest BCUT2D eigenvalue weighted by molar-refractivity contribution is 9.10. The van der Waals surface area contributed by atoms with E-state index in [4.69, 9.17) is 0 Å². The normalized spacial score (nSPS) is 11.6. The van der Waals surface area contributed by atoms with Gasteiger partial charge in [-0.2, -0.15) is 13.2 Å². The van der Waals surface area contributed by atoms with Crippen molar-refractivity contribution in [3.05, 3.63) is 45.2 Å². The maximum Gasteiger partial charge on any atom is 0.417 e. The number of thiophene rings is 1. The van der Waals surface area contributed by atoms with Gasteiger partial charge in [0, 0.05) is 9.35 Å². The topological polar surface area (TPSA) is 17.1 Å². The fourth-order valence-corrected chi connectivity index (χ4v) is 2.76. The summed E-state index contributed by atoms with van der Waals surface area (Å²) in [5, 5.41) is 0. The number of carbonyl (C=O) groups excluding carboxylic acids is 1. The van der Waals surface area contributed by atoms with Gasteiger partial charge in [0.1, 0.15) is 0 Å². The van der Waals surface area contributed by atoms with E-state index in [0.717, 1.165) is 17.4 Å². The van der Waals surface area contributed by atoms with Crippen LogP contribution in [-0.4, -0.2) is 6.29 Å². The van der Waals surface area contributed by atoms with Gasteiger partial charge in [0.05, 0.1) is 10.4 Å². The van der Waals surface area contributed by atoms with Crippen molar-refractivity contribution in [3.8, 4) is 10.4 Å². The number of carbonyl (C=O) groups is 1. The number of halogens is 4. The van der Waals surface area contributed by atoms with Crippen LogP contribution in [-0.2, 0) is 6.18 Å². The van der Waals surface area contributed by atoms with Crippen molar-refractivity contribution in [2.75, 3.05) is 0 Å². The number of aldehydes is 1. The number of hydrogen-bond acceptors (Lipinski definition) is 2. The molecule has 2 rings (SSSR count). The first-order valence-electron chi connectivity index (χ1n) is 4.84. The second-order valence-electron chi connectivity index (χ2n) is 3.51. The van der Waals surface area contributed by atoms with E-state index in [1.165, 1.54) is 6.07 Å². The van der Waals surface area contributed by atoms with Crippen LogP contribution < -0.4 is 0 Å². The molecule has 0 amide bonds. The lowest BCUT2D eigenvalue weighted by Crippen LogP contribution is -2.05. The fraction of sp³-hybridized carbons (Fsp3) is 0.0833. The average Bonchev–Trinajstić information content (AvgIpc) is 2.76. The molecule has 1 aromatic carbocycles. The molecule has 18 heavy (non-hydrogen) atoms. The Labute approximate surface area is 113 Å². The summed E-state index contributed by atoms with van der Waals surface area (Å²) in [6, 6.07) is 7.24. The van der Waals surface area contributed by atoms with Gasteiger partial charge in [0.15, 0.2) is 6.29 Å². The van der Waals surface area contributed by atoms with Crippen LogP contribution in [0.15, 0.2) is 34.8 Å². The summed E-state index contributed by atoms with van der Waals surface area (Å²) in [6.45, 7) is 0. The van der Waals surface area contributed by atoms with Crippen LogP contribution in [0.3, 0.4) is 0 Å². The summed E-state index contributed by atoms with van der Waals surface area (Å²) in [7, 11) is 0. The van der Waals surface area contributed by atoms with Crippen molar-refractivity contribution < 1.29 is 18.0 Å². The number of alkyl halides is 3. The second-order valence-corrected chi connectivity index (χ2v) is 5.48. The van der Waals surface area contributed by atoms with Gasteiger partial charge in [-0.3, -0.25) is 4.79 Å². The Morgan fingerprint density at radius 2 is 1.89 bits per heavy atom. The first-order valence-corrected chi connectivity index (χ1v) is 6.45. The summed E-state index contributed by atoms with van der Waals surface area (Å²) in [5.74, 6) is 0. The molecule has 0 radical (unpaired) electrons. The minimum atomic E-state index is -4.40. The zero-order valence-electron chi connectivity index (χ0n) is 8.79. The Morgan fingerprint density at radius 3 is 2.44 bits per heavy atom. The lowest BCUT2D eigenvalue weighted by molar-refractivity contribution is -0.138. The van der Waals surface area contributed by atoms with Crippen molar-refractivity contribution in [2.24, 2.45) is 0 Å². The molecule has 0 aliphatic heterocycles. The monoisotopic (exact) mass is 334 g/mol. The van der Waals surface area contributed by atoms with Crippen molar-refractivity contribution in [1.82, 2.24) is 0 Å². The second kappa shape index (κ2) is 4.85. The summed E-state index contributed by atoms with van der Waals surface area (Å²) in [5.41, 5.74) is -0.273. The van der Waals surface area contributed by atoms with Crippen LogP contribution >= 0.6 is 27.3 Å². The highest BCUT2D eigenvalue weighted by Crippen LogP contribution is 2.38. The first-order chi connectivity index (χ1) is 8.41. The van der Waals surface area contributed by atoms with E-state index in [1.807, 2.05) is 0 Å². The van der Waals surface area contributed by atoms with Crippen LogP contribution in [0.25, 0.3) is 10.4 Å². The summed E-state index contributed by atoms with van der Waals surface area (Å²) in [4.78, 5) is 11.7. The molecule has 0 saturated carbocycles. The van der Waals surface area contributed by atoms with E-state index in [2.05, 4.69) is 15.9 Å². The molecule has 0 aliphatic carbocycles. The van der Waals surface area contributed by atoms with Gasteiger partial charge in [-0.1, -0.05) is 22.0 Å². The van der Waals surface area contributed by atoms with Gasteiger partial charge in [0.25, 0.3) is 0 Å². The zero-order valence-corrected chi connectivity index (χ0v) is 11.2. The molecule has 0 fully saturated rings.